The molecule has 0 saturated heterocycles. The number of carbonyl (C=O) groups excluding carboxylic acids is 2. The molecule has 4 rings (SSSR count). The summed E-state index contributed by atoms with van der Waals surface area (Å²) in [5.74, 6) is -0.866. The highest BCUT2D eigenvalue weighted by atomic mass is 19.1. The highest BCUT2D eigenvalue weighted by Crippen LogP contribution is 2.37. The summed E-state index contributed by atoms with van der Waals surface area (Å²) in [6, 6.07) is 18.1. The van der Waals surface area contributed by atoms with Crippen molar-refractivity contribution in [3.63, 3.8) is 0 Å². The molecule has 1 N–H and O–H groups in total. The topological polar surface area (TPSA) is 58.6 Å². The van der Waals surface area contributed by atoms with Crippen LogP contribution in [0.4, 0.5) is 15.8 Å². The lowest BCUT2D eigenvalue weighted by Gasteiger charge is -2.17. The number of ether oxygens (including phenoxy) is 1. The Bertz CT molecular complexity index is 1220. The predicted molar refractivity (Wildman–Crippen MR) is 118 cm³/mol. The van der Waals surface area contributed by atoms with Gasteiger partial charge in [-0.15, -0.1) is 0 Å². The number of hydrogen-bond acceptors (Lipinski definition) is 4. The molecule has 1 heterocycles. The fraction of sp³-hybridized carbons (Fsp3) is 0.120. The van der Waals surface area contributed by atoms with Gasteiger partial charge in [-0.25, -0.2) is 9.29 Å². The average molecular weight is 416 g/mol. The zero-order chi connectivity index (χ0) is 22.1. The summed E-state index contributed by atoms with van der Waals surface area (Å²) >= 11 is 0. The van der Waals surface area contributed by atoms with E-state index >= 15 is 0 Å². The molecule has 0 unspecified atom stereocenters. The average Bonchev–Trinajstić information content (AvgIpc) is 3.01. The molecule has 6 heteroatoms. The van der Waals surface area contributed by atoms with Crippen LogP contribution in [0.2, 0.25) is 0 Å². The Morgan fingerprint density at radius 1 is 0.871 bits per heavy atom. The Morgan fingerprint density at radius 2 is 1.58 bits per heavy atom. The van der Waals surface area contributed by atoms with Crippen molar-refractivity contribution in [2.45, 2.75) is 13.8 Å². The molecule has 0 radical (unpaired) electrons. The summed E-state index contributed by atoms with van der Waals surface area (Å²) in [6.07, 6.45) is 0. The highest BCUT2D eigenvalue weighted by Gasteiger charge is 2.41. The maximum Gasteiger partial charge on any atom is 0.282 e. The molecule has 5 nitrogen and oxygen atoms in total. The fourth-order valence-electron chi connectivity index (χ4n) is 3.52. The van der Waals surface area contributed by atoms with Crippen LogP contribution in [0.3, 0.4) is 0 Å². The number of methoxy groups -OCH3 is 1. The van der Waals surface area contributed by atoms with Gasteiger partial charge in [0, 0.05) is 11.3 Å². The smallest absolute Gasteiger partial charge is 0.282 e. The number of carbonyl (C=O) groups is 2. The molecule has 0 atom stereocenters. The van der Waals surface area contributed by atoms with Crippen molar-refractivity contribution in [2.24, 2.45) is 0 Å². The second-order valence-electron chi connectivity index (χ2n) is 7.30. The van der Waals surface area contributed by atoms with Crippen molar-refractivity contribution < 1.29 is 18.7 Å². The van der Waals surface area contributed by atoms with E-state index in [4.69, 9.17) is 4.74 Å². The molecular weight excluding hydrogens is 395 g/mol. The molecule has 0 aliphatic carbocycles. The number of nitrogens with one attached hydrogen (secondary N) is 1. The molecule has 31 heavy (non-hydrogen) atoms. The maximum atomic E-state index is 13.5. The van der Waals surface area contributed by atoms with Crippen LogP contribution in [0.5, 0.6) is 5.75 Å². The van der Waals surface area contributed by atoms with E-state index in [1.807, 2.05) is 26.0 Å². The zero-order valence-corrected chi connectivity index (χ0v) is 17.4. The zero-order valence-electron chi connectivity index (χ0n) is 17.4. The van der Waals surface area contributed by atoms with Crippen molar-refractivity contribution in [2.75, 3.05) is 17.3 Å². The minimum Gasteiger partial charge on any atom is -0.496 e. The van der Waals surface area contributed by atoms with Crippen molar-refractivity contribution in [1.82, 2.24) is 0 Å². The molecule has 2 amide bonds. The summed E-state index contributed by atoms with van der Waals surface area (Å²) in [4.78, 5) is 28.1. The van der Waals surface area contributed by atoms with E-state index in [9.17, 15) is 14.0 Å². The summed E-state index contributed by atoms with van der Waals surface area (Å²) in [6.45, 7) is 3.89. The van der Waals surface area contributed by atoms with Gasteiger partial charge in [0.05, 0.1) is 18.4 Å². The second kappa shape index (κ2) is 8.07. The molecule has 1 aliphatic heterocycles. The minimum atomic E-state index is -0.488. The Labute approximate surface area is 179 Å². The largest absolute Gasteiger partial charge is 0.496 e. The van der Waals surface area contributed by atoms with Gasteiger partial charge in [-0.1, -0.05) is 24.3 Å². The Kier molecular flexibility index (Phi) is 5.29. The van der Waals surface area contributed by atoms with E-state index in [0.29, 0.717) is 22.7 Å². The summed E-state index contributed by atoms with van der Waals surface area (Å²) < 4.78 is 18.8. The maximum absolute atomic E-state index is 13.5. The van der Waals surface area contributed by atoms with Crippen LogP contribution in [0.1, 0.15) is 16.7 Å². The van der Waals surface area contributed by atoms with E-state index < -0.39 is 17.6 Å². The molecule has 156 valence electrons. The number of benzene rings is 3. The Balaban J connectivity index is 1.86. The van der Waals surface area contributed by atoms with Crippen LogP contribution in [0.25, 0.3) is 5.57 Å². The fourth-order valence-corrected chi connectivity index (χ4v) is 3.52. The molecule has 0 aromatic heterocycles. The number of amides is 2. The normalized spacial score (nSPS) is 13.7. The molecule has 1 aliphatic rings. The van der Waals surface area contributed by atoms with Gasteiger partial charge < -0.3 is 10.1 Å². The lowest BCUT2D eigenvalue weighted by atomic mass is 10.0. The second-order valence-corrected chi connectivity index (χ2v) is 7.30. The molecule has 0 bridgehead atoms. The number of nitrogens with zero attached hydrogens (tertiary/aromatic N) is 1. The third-order valence-electron chi connectivity index (χ3n) is 5.32. The number of halogens is 1. The summed E-state index contributed by atoms with van der Waals surface area (Å²) in [5, 5.41) is 3.02. The first-order valence-electron chi connectivity index (χ1n) is 9.77. The van der Waals surface area contributed by atoms with Crippen molar-refractivity contribution in [1.29, 1.82) is 0 Å². The van der Waals surface area contributed by atoms with Crippen LogP contribution < -0.4 is 15.0 Å². The lowest BCUT2D eigenvalue weighted by Crippen LogP contribution is -2.32. The first-order valence-corrected chi connectivity index (χ1v) is 9.77. The van der Waals surface area contributed by atoms with Crippen LogP contribution in [-0.2, 0) is 9.59 Å². The minimum absolute atomic E-state index is 0.110. The van der Waals surface area contributed by atoms with Crippen LogP contribution in [0.15, 0.2) is 72.4 Å². The number of para-hydroxylation sites is 1. The van der Waals surface area contributed by atoms with Gasteiger partial charge in [-0.2, -0.15) is 0 Å². The monoisotopic (exact) mass is 416 g/mol. The third-order valence-corrected chi connectivity index (χ3v) is 5.32. The van der Waals surface area contributed by atoms with Gasteiger partial charge in [0.15, 0.2) is 0 Å². The van der Waals surface area contributed by atoms with E-state index in [0.717, 1.165) is 16.0 Å². The van der Waals surface area contributed by atoms with Crippen molar-refractivity contribution in [3.05, 3.63) is 94.9 Å². The van der Waals surface area contributed by atoms with E-state index in [2.05, 4.69) is 5.32 Å². The molecule has 3 aromatic carbocycles. The quantitative estimate of drug-likeness (QED) is 0.604. The summed E-state index contributed by atoms with van der Waals surface area (Å²) in [7, 11) is 1.51. The number of rotatable bonds is 5. The highest BCUT2D eigenvalue weighted by molar-refractivity contribution is 6.46. The number of aryl methyl sites for hydroxylation is 2. The van der Waals surface area contributed by atoms with Crippen LogP contribution in [-0.4, -0.2) is 18.9 Å². The first kappa shape index (κ1) is 20.3. The number of hydrogen-bond donors (Lipinski definition) is 1. The van der Waals surface area contributed by atoms with E-state index in [-0.39, 0.29) is 11.3 Å². The standard InChI is InChI=1S/C25H21FN2O3/c1-15-8-13-19(14-16(15)2)28-24(29)22(20-6-4-5-7-21(20)31-3)23(25(28)30)27-18-11-9-17(26)10-12-18/h4-14,27H,1-3H3. The molecule has 0 spiro atoms. The van der Waals surface area contributed by atoms with E-state index in [1.54, 1.807) is 30.3 Å². The van der Waals surface area contributed by atoms with Crippen molar-refractivity contribution in [3.8, 4) is 5.75 Å². The number of anilines is 2. The SMILES string of the molecule is COc1ccccc1C1=C(Nc2ccc(F)cc2)C(=O)N(c2ccc(C)c(C)c2)C1=O. The van der Waals surface area contributed by atoms with Gasteiger partial charge in [0.1, 0.15) is 17.3 Å². The third kappa shape index (κ3) is 3.68. The molecule has 0 fully saturated rings. The predicted octanol–water partition coefficient (Wildman–Crippen LogP) is 4.85. The Hall–Kier alpha value is -3.93. The molecular formula is C25H21FN2O3. The van der Waals surface area contributed by atoms with Gasteiger partial charge in [0.25, 0.3) is 11.8 Å². The Morgan fingerprint density at radius 3 is 2.26 bits per heavy atom. The lowest BCUT2D eigenvalue weighted by molar-refractivity contribution is -0.120. The number of imide groups is 1. The van der Waals surface area contributed by atoms with Crippen molar-refractivity contribution >= 4 is 28.8 Å². The molecule has 0 saturated carbocycles. The van der Waals surface area contributed by atoms with Crippen LogP contribution >= 0.6 is 0 Å². The molecule has 3 aromatic rings. The van der Waals surface area contributed by atoms with Gasteiger partial charge in [0.2, 0.25) is 0 Å². The van der Waals surface area contributed by atoms with Gasteiger partial charge >= 0.3 is 0 Å². The van der Waals surface area contributed by atoms with Gasteiger partial charge in [-0.3, -0.25) is 9.59 Å². The first-order chi connectivity index (χ1) is 14.9. The van der Waals surface area contributed by atoms with Crippen LogP contribution in [0, 0.1) is 19.7 Å². The van der Waals surface area contributed by atoms with E-state index in [1.165, 1.54) is 31.4 Å². The van der Waals surface area contributed by atoms with Gasteiger partial charge in [-0.05, 0) is 67.4 Å². The summed E-state index contributed by atoms with van der Waals surface area (Å²) in [5.41, 5.74) is 3.82.